The van der Waals surface area contributed by atoms with E-state index in [0.29, 0.717) is 39.0 Å². The van der Waals surface area contributed by atoms with Crippen LogP contribution in [0.2, 0.25) is 0 Å². The lowest BCUT2D eigenvalue weighted by molar-refractivity contribution is -0.143. The van der Waals surface area contributed by atoms with Crippen molar-refractivity contribution >= 4 is 17.6 Å². The van der Waals surface area contributed by atoms with Crippen LogP contribution in [0.4, 0.5) is 0 Å². The number of carbonyl (C=O) groups is 3. The summed E-state index contributed by atoms with van der Waals surface area (Å²) in [6.07, 6.45) is 5.53. The first kappa shape index (κ1) is 15.4. The second kappa shape index (κ2) is 6.71. The van der Waals surface area contributed by atoms with Gasteiger partial charge < -0.3 is 4.74 Å². The van der Waals surface area contributed by atoms with Gasteiger partial charge in [0.1, 0.15) is 0 Å². The molecule has 120 valence electrons. The number of fused-ring (bicyclic) bond motifs is 1. The molecular formula is C16H22N2O4. The lowest BCUT2D eigenvalue weighted by Gasteiger charge is -2.26. The first-order valence-corrected chi connectivity index (χ1v) is 7.99. The predicted octanol–water partition coefficient (Wildman–Crippen LogP) is 0.229. The number of Topliss-reactive ketones (excluding diaryl/α,β-unsaturated/α-hetero) is 1. The Labute approximate surface area is 130 Å². The first-order valence-electron chi connectivity index (χ1n) is 7.99. The van der Waals surface area contributed by atoms with Gasteiger partial charge in [0.05, 0.1) is 31.6 Å². The molecule has 0 N–H and O–H groups in total. The highest BCUT2D eigenvalue weighted by Crippen LogP contribution is 2.34. The van der Waals surface area contributed by atoms with Crippen molar-refractivity contribution in [1.29, 1.82) is 0 Å². The Morgan fingerprint density at radius 1 is 1.09 bits per heavy atom. The van der Waals surface area contributed by atoms with Crippen molar-refractivity contribution in [3.8, 4) is 0 Å². The lowest BCUT2D eigenvalue weighted by atomic mass is 9.85. The molecule has 2 fully saturated rings. The van der Waals surface area contributed by atoms with E-state index >= 15 is 0 Å². The molecule has 0 aromatic rings. The Morgan fingerprint density at radius 2 is 1.68 bits per heavy atom. The van der Waals surface area contributed by atoms with Crippen LogP contribution in [-0.2, 0) is 19.1 Å². The number of imide groups is 1. The minimum atomic E-state index is -0.246. The third-order valence-corrected chi connectivity index (χ3v) is 4.74. The Balaban J connectivity index is 1.51. The fraction of sp³-hybridized carbons (Fsp3) is 0.688. The molecule has 1 aliphatic carbocycles. The molecule has 3 aliphatic rings. The highest BCUT2D eigenvalue weighted by molar-refractivity contribution is 6.07. The molecule has 2 aliphatic heterocycles. The predicted molar refractivity (Wildman–Crippen MR) is 79.0 cm³/mol. The molecule has 6 nitrogen and oxygen atoms in total. The van der Waals surface area contributed by atoms with E-state index < -0.39 is 0 Å². The Morgan fingerprint density at radius 3 is 2.27 bits per heavy atom. The minimum Gasteiger partial charge on any atom is -0.379 e. The number of allylic oxidation sites excluding steroid dienone is 2. The first-order chi connectivity index (χ1) is 10.7. The molecular weight excluding hydrogens is 284 g/mol. The van der Waals surface area contributed by atoms with E-state index in [-0.39, 0.29) is 36.0 Å². The third-order valence-electron chi connectivity index (χ3n) is 4.74. The highest BCUT2D eigenvalue weighted by atomic mass is 16.5. The topological polar surface area (TPSA) is 66.9 Å². The van der Waals surface area contributed by atoms with Crippen LogP contribution < -0.4 is 0 Å². The summed E-state index contributed by atoms with van der Waals surface area (Å²) in [5, 5.41) is 0. The fourth-order valence-corrected chi connectivity index (χ4v) is 3.39. The summed E-state index contributed by atoms with van der Waals surface area (Å²) in [6.45, 7) is 3.69. The smallest absolute Gasteiger partial charge is 0.233 e. The quantitative estimate of drug-likeness (QED) is 0.537. The van der Waals surface area contributed by atoms with Crippen molar-refractivity contribution in [2.24, 2.45) is 11.8 Å². The van der Waals surface area contributed by atoms with Gasteiger partial charge >= 0.3 is 0 Å². The number of hydrogen-bond acceptors (Lipinski definition) is 5. The van der Waals surface area contributed by atoms with Gasteiger partial charge in [0.25, 0.3) is 0 Å². The van der Waals surface area contributed by atoms with Gasteiger partial charge in [-0.05, 0) is 12.8 Å². The van der Waals surface area contributed by atoms with Crippen LogP contribution in [-0.4, -0.2) is 66.8 Å². The van der Waals surface area contributed by atoms with Crippen molar-refractivity contribution < 1.29 is 19.1 Å². The Kier molecular flexibility index (Phi) is 4.69. The molecule has 0 bridgehead atoms. The summed E-state index contributed by atoms with van der Waals surface area (Å²) in [4.78, 5) is 40.0. The number of ether oxygens (including phenoxy) is 1. The highest BCUT2D eigenvalue weighted by Gasteiger charge is 2.47. The molecule has 2 heterocycles. The fourth-order valence-electron chi connectivity index (χ4n) is 3.39. The van der Waals surface area contributed by atoms with E-state index in [1.807, 2.05) is 12.2 Å². The monoisotopic (exact) mass is 306 g/mol. The molecule has 2 unspecified atom stereocenters. The Hall–Kier alpha value is -1.53. The van der Waals surface area contributed by atoms with Gasteiger partial charge in [-0.2, -0.15) is 0 Å². The molecule has 22 heavy (non-hydrogen) atoms. The van der Waals surface area contributed by atoms with Gasteiger partial charge in [0.2, 0.25) is 11.8 Å². The average molecular weight is 306 g/mol. The third kappa shape index (κ3) is 3.13. The second-order valence-electron chi connectivity index (χ2n) is 6.16. The molecule has 0 aromatic heterocycles. The summed E-state index contributed by atoms with van der Waals surface area (Å²) >= 11 is 0. The maximum atomic E-state index is 12.3. The summed E-state index contributed by atoms with van der Waals surface area (Å²) in [7, 11) is 0. The van der Waals surface area contributed by atoms with Crippen LogP contribution in [0.15, 0.2) is 12.2 Å². The molecule has 2 amide bonds. The number of ketones is 1. The second-order valence-corrected chi connectivity index (χ2v) is 6.16. The zero-order valence-corrected chi connectivity index (χ0v) is 12.7. The van der Waals surface area contributed by atoms with E-state index in [2.05, 4.69) is 4.90 Å². The molecule has 6 heteroatoms. The molecule has 0 saturated carbocycles. The maximum Gasteiger partial charge on any atom is 0.233 e. The van der Waals surface area contributed by atoms with Crippen molar-refractivity contribution in [1.82, 2.24) is 9.80 Å². The zero-order chi connectivity index (χ0) is 15.5. The van der Waals surface area contributed by atoms with Crippen LogP contribution in [0.3, 0.4) is 0 Å². The van der Waals surface area contributed by atoms with Crippen molar-refractivity contribution in [2.75, 3.05) is 39.4 Å². The molecule has 0 spiro atoms. The van der Waals surface area contributed by atoms with E-state index in [4.69, 9.17) is 4.74 Å². The zero-order valence-electron chi connectivity index (χ0n) is 12.7. The van der Waals surface area contributed by atoms with Gasteiger partial charge in [-0.15, -0.1) is 0 Å². The van der Waals surface area contributed by atoms with Crippen LogP contribution in [0.25, 0.3) is 0 Å². The molecule has 0 aromatic carbocycles. The standard InChI is InChI=1S/C16H22N2O4/c19-12(5-6-17-7-9-22-10-8-17)11-18-15(20)13-3-1-2-4-14(13)16(18)21/h1-2,13-14H,3-11H2. The van der Waals surface area contributed by atoms with Gasteiger partial charge in [-0.1, -0.05) is 12.2 Å². The Bertz CT molecular complexity index is 470. The van der Waals surface area contributed by atoms with E-state index in [1.54, 1.807) is 0 Å². The van der Waals surface area contributed by atoms with Crippen molar-refractivity contribution in [3.05, 3.63) is 12.2 Å². The van der Waals surface area contributed by atoms with Gasteiger partial charge in [-0.25, -0.2) is 0 Å². The van der Waals surface area contributed by atoms with E-state index in [0.717, 1.165) is 13.1 Å². The summed E-state index contributed by atoms with van der Waals surface area (Å²) < 4.78 is 5.27. The summed E-state index contributed by atoms with van der Waals surface area (Å²) in [6, 6.07) is 0. The molecule has 3 rings (SSSR count). The minimum absolute atomic E-state index is 0.0419. The molecule has 2 saturated heterocycles. The van der Waals surface area contributed by atoms with Crippen LogP contribution in [0.5, 0.6) is 0 Å². The SMILES string of the molecule is O=C(CCN1CCOCC1)CN1C(=O)C2CC=CCC2C1=O. The average Bonchev–Trinajstić information content (AvgIpc) is 2.79. The van der Waals surface area contributed by atoms with Gasteiger partial charge in [0.15, 0.2) is 5.78 Å². The normalized spacial score (nSPS) is 29.0. The van der Waals surface area contributed by atoms with Crippen LogP contribution in [0.1, 0.15) is 19.3 Å². The van der Waals surface area contributed by atoms with E-state index in [9.17, 15) is 14.4 Å². The largest absolute Gasteiger partial charge is 0.379 e. The summed E-state index contributed by atoms with van der Waals surface area (Å²) in [5.74, 6) is -0.868. The number of carbonyl (C=O) groups excluding carboxylic acids is 3. The van der Waals surface area contributed by atoms with E-state index in [1.165, 1.54) is 4.90 Å². The number of hydrogen-bond donors (Lipinski definition) is 0. The summed E-state index contributed by atoms with van der Waals surface area (Å²) in [5.41, 5.74) is 0. The lowest BCUT2D eigenvalue weighted by Crippen LogP contribution is -2.40. The number of likely N-dealkylation sites (tertiary alicyclic amines) is 1. The van der Waals surface area contributed by atoms with Gasteiger partial charge in [-0.3, -0.25) is 24.2 Å². The van der Waals surface area contributed by atoms with Crippen LogP contribution in [0, 0.1) is 11.8 Å². The number of morpholine rings is 1. The van der Waals surface area contributed by atoms with Crippen molar-refractivity contribution in [2.45, 2.75) is 19.3 Å². The molecule has 0 radical (unpaired) electrons. The number of nitrogens with zero attached hydrogens (tertiary/aromatic N) is 2. The number of amides is 2. The van der Waals surface area contributed by atoms with Crippen LogP contribution >= 0.6 is 0 Å². The van der Waals surface area contributed by atoms with Crippen molar-refractivity contribution in [3.63, 3.8) is 0 Å². The molecule has 2 atom stereocenters. The maximum absolute atomic E-state index is 12.3. The van der Waals surface area contributed by atoms with Gasteiger partial charge in [0, 0.05) is 26.1 Å². The number of rotatable bonds is 5.